The Hall–Kier alpha value is -1.89. The van der Waals surface area contributed by atoms with Crippen LogP contribution in [0.15, 0.2) is 21.7 Å². The van der Waals surface area contributed by atoms with Gasteiger partial charge in [-0.2, -0.15) is 0 Å². The highest BCUT2D eigenvalue weighted by molar-refractivity contribution is 5.76. The van der Waals surface area contributed by atoms with E-state index in [0.717, 1.165) is 16.8 Å². The molecule has 0 atom stereocenters. The summed E-state index contributed by atoms with van der Waals surface area (Å²) in [5.74, 6) is -0.331. The van der Waals surface area contributed by atoms with Crippen LogP contribution in [-0.4, -0.2) is 44.9 Å². The number of H-pyrrole nitrogens is 1. The number of nitrogens with one attached hydrogen (secondary N) is 1. The number of hydrogen-bond acceptors (Lipinski definition) is 4. The minimum Gasteiger partial charge on any atom is -0.395 e. The molecule has 0 bridgehead atoms. The Morgan fingerprint density at radius 1 is 1.44 bits per heavy atom. The van der Waals surface area contributed by atoms with Gasteiger partial charge in [0.2, 0.25) is 5.91 Å². The largest absolute Gasteiger partial charge is 0.395 e. The van der Waals surface area contributed by atoms with E-state index < -0.39 is 11.1 Å². The second-order valence-corrected chi connectivity index (χ2v) is 4.14. The van der Waals surface area contributed by atoms with Crippen LogP contribution in [0, 0.1) is 0 Å². The smallest absolute Gasteiger partial charge is 0.265 e. The Bertz CT molecular complexity index is 518. The summed E-state index contributed by atoms with van der Waals surface area (Å²) in [5.41, 5.74) is -0.892. The first-order valence-corrected chi connectivity index (χ1v) is 5.66. The molecule has 1 aromatic heterocycles. The summed E-state index contributed by atoms with van der Waals surface area (Å²) in [6.07, 6.45) is 0. The molecule has 18 heavy (non-hydrogen) atoms. The van der Waals surface area contributed by atoms with Crippen molar-refractivity contribution in [2.45, 2.75) is 26.4 Å². The van der Waals surface area contributed by atoms with Crippen LogP contribution in [-0.2, 0) is 11.3 Å². The zero-order valence-corrected chi connectivity index (χ0v) is 10.4. The lowest BCUT2D eigenvalue weighted by atomic mass is 10.3. The van der Waals surface area contributed by atoms with Crippen molar-refractivity contribution >= 4 is 5.91 Å². The van der Waals surface area contributed by atoms with Crippen molar-refractivity contribution in [1.29, 1.82) is 0 Å². The molecule has 7 nitrogen and oxygen atoms in total. The molecule has 0 radical (unpaired) electrons. The second kappa shape index (κ2) is 6.15. The number of rotatable bonds is 5. The van der Waals surface area contributed by atoms with Crippen molar-refractivity contribution in [1.82, 2.24) is 14.7 Å². The van der Waals surface area contributed by atoms with Gasteiger partial charge in [-0.15, -0.1) is 0 Å². The van der Waals surface area contributed by atoms with E-state index >= 15 is 0 Å². The maximum atomic E-state index is 11.9. The molecular weight excluding hydrogens is 238 g/mol. The van der Waals surface area contributed by atoms with Crippen LogP contribution in [0.5, 0.6) is 0 Å². The Morgan fingerprint density at radius 2 is 2.11 bits per heavy atom. The van der Waals surface area contributed by atoms with E-state index in [9.17, 15) is 14.4 Å². The molecule has 1 amide bonds. The van der Waals surface area contributed by atoms with Gasteiger partial charge in [0.25, 0.3) is 11.1 Å². The molecule has 0 unspecified atom stereocenters. The van der Waals surface area contributed by atoms with Gasteiger partial charge in [0, 0.05) is 24.7 Å². The molecule has 0 fully saturated rings. The summed E-state index contributed by atoms with van der Waals surface area (Å²) in [6.45, 7) is 3.42. The predicted octanol–water partition coefficient (Wildman–Crippen LogP) is -1.23. The van der Waals surface area contributed by atoms with E-state index in [1.165, 1.54) is 4.90 Å². The first kappa shape index (κ1) is 14.2. The second-order valence-electron chi connectivity index (χ2n) is 4.14. The normalized spacial score (nSPS) is 10.7. The van der Waals surface area contributed by atoms with Gasteiger partial charge in [-0.3, -0.25) is 19.5 Å². The third kappa shape index (κ3) is 3.56. The van der Waals surface area contributed by atoms with Crippen molar-refractivity contribution in [2.24, 2.45) is 0 Å². The molecule has 1 aromatic rings. The lowest BCUT2D eigenvalue weighted by Gasteiger charge is -2.26. The summed E-state index contributed by atoms with van der Waals surface area (Å²) >= 11 is 0. The zero-order valence-electron chi connectivity index (χ0n) is 10.4. The first-order chi connectivity index (χ1) is 8.45. The Balaban J connectivity index is 2.89. The van der Waals surface area contributed by atoms with Gasteiger partial charge >= 0.3 is 0 Å². The molecule has 0 spiro atoms. The summed E-state index contributed by atoms with van der Waals surface area (Å²) < 4.78 is 0.956. The average molecular weight is 255 g/mol. The minimum atomic E-state index is -0.448. The number of carbonyl (C=O) groups is 1. The SMILES string of the molecule is CC(C)N(CCO)C(=O)Cn1[nH]c(=O)ccc1=O. The fourth-order valence-electron chi connectivity index (χ4n) is 1.58. The van der Waals surface area contributed by atoms with Crippen LogP contribution < -0.4 is 11.1 Å². The lowest BCUT2D eigenvalue weighted by molar-refractivity contribution is -0.134. The van der Waals surface area contributed by atoms with Crippen molar-refractivity contribution in [3.63, 3.8) is 0 Å². The van der Waals surface area contributed by atoms with E-state index in [1.807, 2.05) is 13.8 Å². The van der Waals surface area contributed by atoms with Crippen LogP contribution in [0.1, 0.15) is 13.8 Å². The Morgan fingerprint density at radius 3 is 2.67 bits per heavy atom. The van der Waals surface area contributed by atoms with Crippen LogP contribution in [0.2, 0.25) is 0 Å². The molecule has 1 rings (SSSR count). The zero-order chi connectivity index (χ0) is 13.7. The number of aromatic nitrogens is 2. The topological polar surface area (TPSA) is 95.4 Å². The fraction of sp³-hybridized carbons (Fsp3) is 0.545. The Labute approximate surface area is 104 Å². The van der Waals surface area contributed by atoms with Crippen LogP contribution >= 0.6 is 0 Å². The molecule has 0 saturated heterocycles. The number of aliphatic hydroxyl groups is 1. The lowest BCUT2D eigenvalue weighted by Crippen LogP contribution is -2.43. The molecule has 0 aliphatic rings. The van der Waals surface area contributed by atoms with E-state index in [0.29, 0.717) is 0 Å². The molecule has 0 aliphatic heterocycles. The van der Waals surface area contributed by atoms with E-state index in [2.05, 4.69) is 5.10 Å². The molecule has 2 N–H and O–H groups in total. The third-order valence-electron chi connectivity index (χ3n) is 2.47. The molecular formula is C11H17N3O4. The first-order valence-electron chi connectivity index (χ1n) is 5.66. The summed E-state index contributed by atoms with van der Waals surface area (Å²) in [5, 5.41) is 11.2. The van der Waals surface area contributed by atoms with Gasteiger partial charge in [0.05, 0.1) is 6.61 Å². The van der Waals surface area contributed by atoms with Gasteiger partial charge in [0.1, 0.15) is 6.54 Å². The van der Waals surface area contributed by atoms with Crippen LogP contribution in [0.3, 0.4) is 0 Å². The number of carbonyl (C=O) groups excluding carboxylic acids is 1. The molecule has 0 saturated carbocycles. The van der Waals surface area contributed by atoms with Crippen LogP contribution in [0.4, 0.5) is 0 Å². The van der Waals surface area contributed by atoms with Gasteiger partial charge in [-0.25, -0.2) is 4.68 Å². The number of amides is 1. The monoisotopic (exact) mass is 255 g/mol. The van der Waals surface area contributed by atoms with Gasteiger partial charge in [-0.1, -0.05) is 0 Å². The van der Waals surface area contributed by atoms with Crippen molar-refractivity contribution in [3.05, 3.63) is 32.8 Å². The fourth-order valence-corrected chi connectivity index (χ4v) is 1.58. The molecule has 0 aliphatic carbocycles. The maximum absolute atomic E-state index is 11.9. The maximum Gasteiger partial charge on any atom is 0.265 e. The van der Waals surface area contributed by atoms with Gasteiger partial charge < -0.3 is 10.0 Å². The van der Waals surface area contributed by atoms with E-state index in [4.69, 9.17) is 5.11 Å². The minimum absolute atomic E-state index is 0.0872. The highest BCUT2D eigenvalue weighted by atomic mass is 16.3. The molecule has 100 valence electrons. The van der Waals surface area contributed by atoms with E-state index in [1.54, 1.807) is 0 Å². The highest BCUT2D eigenvalue weighted by Gasteiger charge is 2.17. The summed E-state index contributed by atoms with van der Waals surface area (Å²) in [7, 11) is 0. The highest BCUT2D eigenvalue weighted by Crippen LogP contribution is 1.99. The summed E-state index contributed by atoms with van der Waals surface area (Å²) in [4.78, 5) is 35.9. The summed E-state index contributed by atoms with van der Waals surface area (Å²) in [6, 6.07) is 2.13. The molecule has 0 aromatic carbocycles. The van der Waals surface area contributed by atoms with Crippen LogP contribution in [0.25, 0.3) is 0 Å². The van der Waals surface area contributed by atoms with Crippen molar-refractivity contribution in [2.75, 3.05) is 13.2 Å². The molecule has 1 heterocycles. The third-order valence-corrected chi connectivity index (χ3v) is 2.47. The van der Waals surface area contributed by atoms with Crippen molar-refractivity contribution < 1.29 is 9.90 Å². The van der Waals surface area contributed by atoms with Gasteiger partial charge in [0.15, 0.2) is 0 Å². The van der Waals surface area contributed by atoms with Gasteiger partial charge in [-0.05, 0) is 13.8 Å². The van der Waals surface area contributed by atoms with Crippen molar-refractivity contribution in [3.8, 4) is 0 Å². The predicted molar refractivity (Wildman–Crippen MR) is 65.3 cm³/mol. The number of aliphatic hydroxyl groups excluding tert-OH is 1. The molecule has 7 heteroatoms. The van der Waals surface area contributed by atoms with E-state index in [-0.39, 0.29) is 31.6 Å². The average Bonchev–Trinajstić information content (AvgIpc) is 2.30. The Kier molecular flexibility index (Phi) is 4.85. The standard InChI is InChI=1S/C11H17N3O4/c1-8(2)13(5-6-15)11(18)7-14-10(17)4-3-9(16)12-14/h3-4,8,15H,5-7H2,1-2H3,(H,12,16). The number of aromatic amines is 1. The quantitative estimate of drug-likeness (QED) is 0.688. The number of nitrogens with zero attached hydrogens (tertiary/aromatic N) is 2. The number of hydrogen-bond donors (Lipinski definition) is 2.